The third kappa shape index (κ3) is 7.13. The van der Waals surface area contributed by atoms with Crippen LogP contribution in [0.1, 0.15) is 36.8 Å². The van der Waals surface area contributed by atoms with Gasteiger partial charge in [-0.05, 0) is 30.2 Å². The lowest BCUT2D eigenvalue weighted by molar-refractivity contribution is -0.126. The van der Waals surface area contributed by atoms with Gasteiger partial charge in [0, 0.05) is 0 Å². The lowest BCUT2D eigenvalue weighted by Crippen LogP contribution is -2.50. The largest absolute Gasteiger partial charge is 0.374 e. The molecule has 8 heteroatoms. The molecule has 0 unspecified atom stereocenters. The monoisotopic (exact) mass is 420 g/mol. The van der Waals surface area contributed by atoms with Crippen molar-refractivity contribution in [2.24, 2.45) is 5.73 Å². The number of allylic oxidation sites excluding steroid dienone is 1. The van der Waals surface area contributed by atoms with Crippen molar-refractivity contribution in [2.75, 3.05) is 6.61 Å². The third-order valence-electron chi connectivity index (χ3n) is 4.45. The van der Waals surface area contributed by atoms with Crippen molar-refractivity contribution >= 4 is 12.0 Å². The van der Waals surface area contributed by atoms with Gasteiger partial charge < -0.3 is 15.8 Å². The summed E-state index contributed by atoms with van der Waals surface area (Å²) in [5, 5.41) is 15.5. The van der Waals surface area contributed by atoms with E-state index in [1.807, 2.05) is 72.8 Å². The molecule has 0 bridgehead atoms. The summed E-state index contributed by atoms with van der Waals surface area (Å²) in [7, 11) is 0. The molecule has 0 aliphatic heterocycles. The van der Waals surface area contributed by atoms with E-state index < -0.39 is 11.6 Å². The Labute approximate surface area is 182 Å². The lowest BCUT2D eigenvalue weighted by atomic mass is 10.1. The Kier molecular flexibility index (Phi) is 7.64. The summed E-state index contributed by atoms with van der Waals surface area (Å²) in [6.07, 6.45) is 3.94. The first-order valence-corrected chi connectivity index (χ1v) is 10.1. The molecule has 1 aromatic heterocycles. The zero-order chi connectivity index (χ0) is 22.1. The zero-order valence-electron chi connectivity index (χ0n) is 17.8. The molecule has 3 aromatic rings. The van der Waals surface area contributed by atoms with Gasteiger partial charge in [0.15, 0.2) is 5.82 Å². The Bertz CT molecular complexity index is 980. The van der Waals surface area contributed by atoms with E-state index in [0.717, 1.165) is 11.1 Å². The second kappa shape index (κ2) is 10.6. The molecular formula is C23H28N6O2. The lowest BCUT2D eigenvalue weighted by Gasteiger charge is -2.22. The first-order valence-electron chi connectivity index (χ1n) is 10.1. The van der Waals surface area contributed by atoms with Crippen LogP contribution in [0.4, 0.5) is 0 Å². The maximum Gasteiger partial charge on any atom is 0.240 e. The fourth-order valence-corrected chi connectivity index (χ4v) is 2.71. The summed E-state index contributed by atoms with van der Waals surface area (Å²) in [5.41, 5.74) is 7.02. The summed E-state index contributed by atoms with van der Waals surface area (Å²) in [6.45, 7) is 4.34. The van der Waals surface area contributed by atoms with Gasteiger partial charge in [-0.2, -0.15) is 4.80 Å². The number of hydrogen-bond acceptors (Lipinski definition) is 6. The molecule has 1 heterocycles. The van der Waals surface area contributed by atoms with Gasteiger partial charge in [0.25, 0.3) is 0 Å². The molecule has 0 saturated heterocycles. The van der Waals surface area contributed by atoms with E-state index in [1.54, 1.807) is 13.8 Å². The molecule has 0 spiro atoms. The molecule has 1 amide bonds. The van der Waals surface area contributed by atoms with Crippen LogP contribution in [0.15, 0.2) is 66.7 Å². The topological polar surface area (TPSA) is 108 Å². The van der Waals surface area contributed by atoms with Crippen molar-refractivity contribution in [3.63, 3.8) is 0 Å². The number of nitrogens with two attached hydrogens (primary N) is 1. The molecule has 2 aromatic carbocycles. The molecule has 8 nitrogen and oxygen atoms in total. The van der Waals surface area contributed by atoms with Crippen LogP contribution in [0.5, 0.6) is 0 Å². The van der Waals surface area contributed by atoms with E-state index in [4.69, 9.17) is 10.5 Å². The molecule has 0 saturated carbocycles. The fourth-order valence-electron chi connectivity index (χ4n) is 2.71. The first-order chi connectivity index (χ1) is 14.9. The van der Waals surface area contributed by atoms with Crippen LogP contribution in [0.25, 0.3) is 6.08 Å². The number of amides is 1. The van der Waals surface area contributed by atoms with Crippen molar-refractivity contribution in [2.45, 2.75) is 38.6 Å². The van der Waals surface area contributed by atoms with Gasteiger partial charge in [0.05, 0.1) is 25.3 Å². The van der Waals surface area contributed by atoms with E-state index >= 15 is 0 Å². The first kappa shape index (κ1) is 22.3. The third-order valence-corrected chi connectivity index (χ3v) is 4.45. The van der Waals surface area contributed by atoms with Gasteiger partial charge in [-0.1, -0.05) is 72.8 Å². The van der Waals surface area contributed by atoms with Gasteiger partial charge >= 0.3 is 0 Å². The highest BCUT2D eigenvalue weighted by Gasteiger charge is 2.27. The molecule has 0 fully saturated rings. The Balaban J connectivity index is 1.64. The number of nitrogens with one attached hydrogen (secondary N) is 1. The van der Waals surface area contributed by atoms with E-state index in [0.29, 0.717) is 19.0 Å². The summed E-state index contributed by atoms with van der Waals surface area (Å²) in [5.74, 6) is 0.0555. The molecule has 31 heavy (non-hydrogen) atoms. The number of nitrogens with zero attached hydrogens (tertiary/aromatic N) is 4. The average molecular weight is 421 g/mol. The Morgan fingerprint density at radius 3 is 2.52 bits per heavy atom. The molecular weight excluding hydrogens is 392 g/mol. The number of tetrazole rings is 1. The minimum absolute atomic E-state index is 0.197. The molecule has 0 aliphatic carbocycles. The minimum Gasteiger partial charge on any atom is -0.374 e. The Morgan fingerprint density at radius 1 is 1.16 bits per heavy atom. The van der Waals surface area contributed by atoms with Crippen molar-refractivity contribution < 1.29 is 9.53 Å². The Hall–Kier alpha value is -3.36. The van der Waals surface area contributed by atoms with Crippen molar-refractivity contribution in [3.05, 3.63) is 83.7 Å². The quantitative estimate of drug-likeness (QED) is 0.522. The summed E-state index contributed by atoms with van der Waals surface area (Å²) in [6, 6.07) is 19.2. The smallest absolute Gasteiger partial charge is 0.240 e. The SMILES string of the molecule is CC(C)(N)C(=O)N[C@H](COCc1ccccc1)c1nnn(C/C=C/c2ccccc2)n1. The van der Waals surface area contributed by atoms with Crippen LogP contribution in [-0.4, -0.2) is 38.3 Å². The predicted molar refractivity (Wildman–Crippen MR) is 119 cm³/mol. The van der Waals surface area contributed by atoms with Crippen LogP contribution in [0.2, 0.25) is 0 Å². The normalized spacial score (nSPS) is 12.7. The van der Waals surface area contributed by atoms with E-state index in [1.165, 1.54) is 4.80 Å². The highest BCUT2D eigenvalue weighted by Crippen LogP contribution is 2.11. The van der Waals surface area contributed by atoms with Crippen molar-refractivity contribution in [1.82, 2.24) is 25.5 Å². The summed E-state index contributed by atoms with van der Waals surface area (Å²) < 4.78 is 5.81. The number of carbonyl (C=O) groups excluding carboxylic acids is 1. The number of rotatable bonds is 10. The van der Waals surface area contributed by atoms with Crippen LogP contribution in [-0.2, 0) is 22.7 Å². The minimum atomic E-state index is -1.04. The number of ether oxygens (including phenoxy) is 1. The fraction of sp³-hybridized carbons (Fsp3) is 0.304. The van der Waals surface area contributed by atoms with E-state index in [-0.39, 0.29) is 12.5 Å². The maximum absolute atomic E-state index is 12.4. The highest BCUT2D eigenvalue weighted by molar-refractivity contribution is 5.85. The van der Waals surface area contributed by atoms with Gasteiger partial charge in [0.2, 0.25) is 5.91 Å². The number of benzene rings is 2. The van der Waals surface area contributed by atoms with Crippen molar-refractivity contribution in [1.29, 1.82) is 0 Å². The van der Waals surface area contributed by atoms with Crippen molar-refractivity contribution in [3.8, 4) is 0 Å². The molecule has 3 rings (SSSR count). The highest BCUT2D eigenvalue weighted by atomic mass is 16.5. The second-order valence-corrected chi connectivity index (χ2v) is 7.76. The molecule has 3 N–H and O–H groups in total. The molecule has 162 valence electrons. The van der Waals surface area contributed by atoms with E-state index in [9.17, 15) is 4.79 Å². The standard InChI is InChI=1S/C23H28N6O2/c1-23(2,24)22(30)25-20(17-31-16-19-12-7-4-8-13-19)21-26-28-29(27-21)15-9-14-18-10-5-3-6-11-18/h3-14,20H,15-17,24H2,1-2H3,(H,25,30)/b14-9+/t20-/m1/s1. The van der Waals surface area contributed by atoms with Crippen LogP contribution in [0, 0.1) is 0 Å². The Morgan fingerprint density at radius 2 is 1.84 bits per heavy atom. The number of carbonyl (C=O) groups is 1. The van der Waals surface area contributed by atoms with Crippen LogP contribution >= 0.6 is 0 Å². The summed E-state index contributed by atoms with van der Waals surface area (Å²) in [4.78, 5) is 13.9. The van der Waals surface area contributed by atoms with Crippen LogP contribution < -0.4 is 11.1 Å². The van der Waals surface area contributed by atoms with Gasteiger partial charge in [-0.3, -0.25) is 4.79 Å². The average Bonchev–Trinajstić information content (AvgIpc) is 3.22. The zero-order valence-corrected chi connectivity index (χ0v) is 17.8. The van der Waals surface area contributed by atoms with Gasteiger partial charge in [-0.15, -0.1) is 10.2 Å². The van der Waals surface area contributed by atoms with E-state index in [2.05, 4.69) is 20.7 Å². The molecule has 0 aliphatic rings. The van der Waals surface area contributed by atoms with Gasteiger partial charge in [-0.25, -0.2) is 0 Å². The number of hydrogen-bond donors (Lipinski definition) is 2. The molecule has 1 atom stereocenters. The number of aromatic nitrogens is 4. The second-order valence-electron chi connectivity index (χ2n) is 7.76. The van der Waals surface area contributed by atoms with Gasteiger partial charge in [0.1, 0.15) is 6.04 Å². The molecule has 0 radical (unpaired) electrons. The predicted octanol–water partition coefficient (Wildman–Crippen LogP) is 2.50. The summed E-state index contributed by atoms with van der Waals surface area (Å²) >= 11 is 0. The maximum atomic E-state index is 12.4. The van der Waals surface area contributed by atoms with Crippen LogP contribution in [0.3, 0.4) is 0 Å².